The Balaban J connectivity index is 2.44. The van der Waals surface area contributed by atoms with Gasteiger partial charge in [-0.25, -0.2) is 9.97 Å². The van der Waals surface area contributed by atoms with Gasteiger partial charge in [-0.3, -0.25) is 0 Å². The molecule has 2 rings (SSSR count). The van der Waals surface area contributed by atoms with Gasteiger partial charge >= 0.3 is 0 Å². The van der Waals surface area contributed by atoms with E-state index in [1.807, 2.05) is 11.4 Å². The van der Waals surface area contributed by atoms with Crippen molar-refractivity contribution in [2.24, 2.45) is 5.92 Å². The molecule has 0 atom stereocenters. The van der Waals surface area contributed by atoms with E-state index < -0.39 is 0 Å². The van der Waals surface area contributed by atoms with Gasteiger partial charge in [-0.2, -0.15) is 0 Å². The Morgan fingerprint density at radius 1 is 1.38 bits per heavy atom. The molecule has 0 unspecified atom stereocenters. The van der Waals surface area contributed by atoms with Crippen LogP contribution < -0.4 is 5.32 Å². The second-order valence-electron chi connectivity index (χ2n) is 5.31. The van der Waals surface area contributed by atoms with E-state index >= 15 is 0 Å². The van der Waals surface area contributed by atoms with Crippen molar-refractivity contribution >= 4 is 51.3 Å². The third-order valence-electron chi connectivity index (χ3n) is 2.85. The van der Waals surface area contributed by atoms with Crippen molar-refractivity contribution in [1.82, 2.24) is 9.97 Å². The van der Waals surface area contributed by atoms with Gasteiger partial charge in [0.25, 0.3) is 0 Å². The summed E-state index contributed by atoms with van der Waals surface area (Å²) in [5, 5.41) is 6.06. The lowest BCUT2D eigenvalue weighted by atomic mass is 10.1. The molecular weight excluding hydrogens is 417 g/mol. The van der Waals surface area contributed by atoms with Crippen molar-refractivity contribution in [2.45, 2.75) is 33.6 Å². The molecule has 0 aliphatic rings. The fourth-order valence-corrected chi connectivity index (χ4v) is 3.58. The Labute approximate surface area is 148 Å². The summed E-state index contributed by atoms with van der Waals surface area (Å²) in [6, 6.07) is 1.93. The Bertz CT molecular complexity index is 613. The summed E-state index contributed by atoms with van der Waals surface area (Å²) < 4.78 is 1.13. The maximum Gasteiger partial charge on any atom is 0.171 e. The topological polar surface area (TPSA) is 37.8 Å². The van der Waals surface area contributed by atoms with Gasteiger partial charge < -0.3 is 5.32 Å². The highest BCUT2D eigenvalue weighted by atomic mass is 127. The summed E-state index contributed by atoms with van der Waals surface area (Å²) in [4.78, 5) is 10.5. The smallest absolute Gasteiger partial charge is 0.171 e. The summed E-state index contributed by atoms with van der Waals surface area (Å²) in [6.45, 7) is 7.48. The van der Waals surface area contributed by atoms with Gasteiger partial charge in [0.15, 0.2) is 5.82 Å². The van der Waals surface area contributed by atoms with Gasteiger partial charge in [0.1, 0.15) is 5.82 Å². The van der Waals surface area contributed by atoms with Crippen molar-refractivity contribution < 1.29 is 0 Å². The summed E-state index contributed by atoms with van der Waals surface area (Å²) in [7, 11) is 0. The predicted octanol–water partition coefficient (Wildman–Crippen LogP) is 5.48. The third kappa shape index (κ3) is 4.53. The quantitative estimate of drug-likeness (QED) is 0.610. The van der Waals surface area contributed by atoms with Gasteiger partial charge in [0, 0.05) is 11.9 Å². The maximum absolute atomic E-state index is 6.03. The Morgan fingerprint density at radius 3 is 2.71 bits per heavy atom. The van der Waals surface area contributed by atoms with E-state index in [4.69, 9.17) is 16.6 Å². The van der Waals surface area contributed by atoms with E-state index in [-0.39, 0.29) is 0 Å². The van der Waals surface area contributed by atoms with Gasteiger partial charge in [0.2, 0.25) is 0 Å². The molecule has 0 fully saturated rings. The highest BCUT2D eigenvalue weighted by Gasteiger charge is 2.15. The fraction of sp³-hybridized carbons (Fsp3) is 0.467. The molecule has 0 aliphatic heterocycles. The molecule has 21 heavy (non-hydrogen) atoms. The van der Waals surface area contributed by atoms with Crippen LogP contribution in [0.5, 0.6) is 0 Å². The van der Waals surface area contributed by atoms with Crippen LogP contribution in [0.25, 0.3) is 10.7 Å². The number of hydrogen-bond donors (Lipinski definition) is 1. The molecule has 0 bridgehead atoms. The number of halogens is 2. The van der Waals surface area contributed by atoms with E-state index in [9.17, 15) is 0 Å². The number of hydrogen-bond acceptors (Lipinski definition) is 4. The lowest BCUT2D eigenvalue weighted by Crippen LogP contribution is -2.10. The van der Waals surface area contributed by atoms with Gasteiger partial charge in [-0.05, 0) is 47.4 Å². The first-order valence-corrected chi connectivity index (χ1v) is 9.39. The van der Waals surface area contributed by atoms with Crippen LogP contribution in [0.15, 0.2) is 11.4 Å². The second kappa shape index (κ2) is 7.74. The molecule has 2 aromatic heterocycles. The predicted molar refractivity (Wildman–Crippen MR) is 100 cm³/mol. The van der Waals surface area contributed by atoms with E-state index in [2.05, 4.69) is 53.7 Å². The first kappa shape index (κ1) is 17.0. The average molecular weight is 436 g/mol. The van der Waals surface area contributed by atoms with Crippen LogP contribution in [0.2, 0.25) is 5.02 Å². The van der Waals surface area contributed by atoms with E-state index in [1.54, 1.807) is 11.3 Å². The number of nitrogens with one attached hydrogen (secondary N) is 1. The molecule has 0 saturated carbocycles. The molecule has 0 aromatic carbocycles. The third-order valence-corrected chi connectivity index (χ3v) is 5.26. The van der Waals surface area contributed by atoms with Gasteiger partial charge in [0.05, 0.1) is 19.2 Å². The fourth-order valence-electron chi connectivity index (χ4n) is 1.92. The minimum absolute atomic E-state index is 0.562. The van der Waals surface area contributed by atoms with E-state index in [0.717, 1.165) is 50.2 Å². The SMILES string of the molecule is CCCNc1nc(-c2cc(Cl)cs2)nc(CC(C)C)c1I. The lowest BCUT2D eigenvalue weighted by molar-refractivity contribution is 0.632. The molecular formula is C15H19ClIN3S. The monoisotopic (exact) mass is 435 g/mol. The molecule has 1 N–H and O–H groups in total. The van der Waals surface area contributed by atoms with Crippen molar-refractivity contribution in [2.75, 3.05) is 11.9 Å². The maximum atomic E-state index is 6.03. The normalized spacial score (nSPS) is 11.1. The largest absolute Gasteiger partial charge is 0.369 e. The minimum Gasteiger partial charge on any atom is -0.369 e. The first-order chi connectivity index (χ1) is 10.0. The standard InChI is InChI=1S/C15H19ClIN3S/c1-4-5-18-15-13(17)11(6-9(2)3)19-14(20-15)12-7-10(16)8-21-12/h7-9H,4-6H2,1-3H3,(H,18,19,20). The molecule has 0 radical (unpaired) electrons. The van der Waals surface area contributed by atoms with Crippen LogP contribution in [0.1, 0.15) is 32.9 Å². The molecule has 2 heterocycles. The van der Waals surface area contributed by atoms with Gasteiger partial charge in [-0.1, -0.05) is 32.4 Å². The molecule has 114 valence electrons. The molecule has 6 heteroatoms. The molecule has 0 spiro atoms. The Morgan fingerprint density at radius 2 is 2.14 bits per heavy atom. The molecule has 2 aromatic rings. The van der Waals surface area contributed by atoms with Crippen molar-refractivity contribution in [1.29, 1.82) is 0 Å². The van der Waals surface area contributed by atoms with E-state index in [0.29, 0.717) is 5.92 Å². The number of nitrogens with zero attached hydrogens (tertiary/aromatic N) is 2. The van der Waals surface area contributed by atoms with Crippen LogP contribution in [-0.2, 0) is 6.42 Å². The summed E-state index contributed by atoms with van der Waals surface area (Å²) >= 11 is 9.95. The van der Waals surface area contributed by atoms with Crippen LogP contribution in [0.4, 0.5) is 5.82 Å². The number of anilines is 1. The van der Waals surface area contributed by atoms with Crippen LogP contribution >= 0.6 is 45.5 Å². The zero-order valence-corrected chi connectivity index (χ0v) is 16.1. The second-order valence-corrected chi connectivity index (χ2v) is 7.74. The molecule has 3 nitrogen and oxygen atoms in total. The summed E-state index contributed by atoms with van der Waals surface area (Å²) in [5.41, 5.74) is 1.11. The Hall–Kier alpha value is -0.400. The summed E-state index contributed by atoms with van der Waals surface area (Å²) in [6.07, 6.45) is 2.02. The van der Waals surface area contributed by atoms with Crippen molar-refractivity contribution in [3.63, 3.8) is 0 Å². The zero-order valence-electron chi connectivity index (χ0n) is 12.4. The van der Waals surface area contributed by atoms with Crippen molar-refractivity contribution in [3.05, 3.63) is 25.7 Å². The average Bonchev–Trinajstić information content (AvgIpc) is 2.86. The zero-order chi connectivity index (χ0) is 15.4. The van der Waals surface area contributed by atoms with E-state index in [1.165, 1.54) is 0 Å². The van der Waals surface area contributed by atoms with Crippen molar-refractivity contribution in [3.8, 4) is 10.7 Å². The first-order valence-electron chi connectivity index (χ1n) is 7.06. The van der Waals surface area contributed by atoms with Crippen LogP contribution in [-0.4, -0.2) is 16.5 Å². The number of thiophene rings is 1. The number of rotatable bonds is 6. The summed E-state index contributed by atoms with van der Waals surface area (Å²) in [5.74, 6) is 2.26. The molecule has 0 aliphatic carbocycles. The van der Waals surface area contributed by atoms with Crippen LogP contribution in [0.3, 0.4) is 0 Å². The highest BCUT2D eigenvalue weighted by Crippen LogP contribution is 2.30. The minimum atomic E-state index is 0.562. The lowest BCUT2D eigenvalue weighted by Gasteiger charge is -2.13. The molecule has 0 saturated heterocycles. The van der Waals surface area contributed by atoms with Crippen LogP contribution in [0, 0.1) is 9.49 Å². The highest BCUT2D eigenvalue weighted by molar-refractivity contribution is 14.1. The Kier molecular flexibility index (Phi) is 6.25. The number of aromatic nitrogens is 2. The molecule has 0 amide bonds. The van der Waals surface area contributed by atoms with Gasteiger partial charge in [-0.15, -0.1) is 11.3 Å².